The molecule has 1 aromatic carbocycles. The zero-order chi connectivity index (χ0) is 13.9. The zero-order valence-corrected chi connectivity index (χ0v) is 11.9. The maximum Gasteiger partial charge on any atom is 0.154 e. The number of nitrogens with one attached hydrogen (secondary N) is 1. The summed E-state index contributed by atoms with van der Waals surface area (Å²) in [7, 11) is -2.90. The van der Waals surface area contributed by atoms with E-state index in [0.29, 0.717) is 24.3 Å². The SMILES string of the molecule is C[C@@H](Cc1ccccc1F)NC[C@H]1CCCS1(=O)=O. The fourth-order valence-electron chi connectivity index (χ4n) is 2.49. The van der Waals surface area contributed by atoms with E-state index in [2.05, 4.69) is 5.32 Å². The summed E-state index contributed by atoms with van der Waals surface area (Å²) in [6.45, 7) is 2.42. The highest BCUT2D eigenvalue weighted by molar-refractivity contribution is 7.92. The average Bonchev–Trinajstić information content (AvgIpc) is 2.69. The smallest absolute Gasteiger partial charge is 0.154 e. The molecule has 1 aliphatic heterocycles. The van der Waals surface area contributed by atoms with Gasteiger partial charge in [0.1, 0.15) is 5.82 Å². The Hall–Kier alpha value is -0.940. The Labute approximate surface area is 114 Å². The van der Waals surface area contributed by atoms with Crippen molar-refractivity contribution >= 4 is 9.84 Å². The van der Waals surface area contributed by atoms with Crippen molar-refractivity contribution in [3.8, 4) is 0 Å². The molecular formula is C14H20FNO2S. The minimum atomic E-state index is -2.90. The van der Waals surface area contributed by atoms with Gasteiger partial charge in [-0.3, -0.25) is 0 Å². The van der Waals surface area contributed by atoms with Gasteiger partial charge >= 0.3 is 0 Å². The number of hydrogen-bond acceptors (Lipinski definition) is 3. The molecule has 0 bridgehead atoms. The second-order valence-electron chi connectivity index (χ2n) is 5.24. The van der Waals surface area contributed by atoms with Crippen LogP contribution in [0.3, 0.4) is 0 Å². The number of halogens is 1. The molecule has 1 saturated heterocycles. The largest absolute Gasteiger partial charge is 0.313 e. The highest BCUT2D eigenvalue weighted by Crippen LogP contribution is 2.19. The normalized spacial score (nSPS) is 23.4. The summed E-state index contributed by atoms with van der Waals surface area (Å²) in [6, 6.07) is 6.76. The predicted octanol–water partition coefficient (Wildman–Crippen LogP) is 1.92. The second-order valence-corrected chi connectivity index (χ2v) is 7.64. The summed E-state index contributed by atoms with van der Waals surface area (Å²) in [5, 5.41) is 2.94. The molecule has 0 aromatic heterocycles. The van der Waals surface area contributed by atoms with E-state index >= 15 is 0 Å². The minimum absolute atomic E-state index is 0.0627. The van der Waals surface area contributed by atoms with Gasteiger partial charge in [-0.25, -0.2) is 12.8 Å². The summed E-state index contributed by atoms with van der Waals surface area (Å²) < 4.78 is 36.9. The van der Waals surface area contributed by atoms with Gasteiger partial charge in [0.2, 0.25) is 0 Å². The molecule has 1 aromatic rings. The molecule has 1 heterocycles. The molecule has 0 unspecified atom stereocenters. The minimum Gasteiger partial charge on any atom is -0.313 e. The van der Waals surface area contributed by atoms with Gasteiger partial charge in [0.15, 0.2) is 9.84 Å². The molecule has 2 atom stereocenters. The van der Waals surface area contributed by atoms with Gasteiger partial charge < -0.3 is 5.32 Å². The van der Waals surface area contributed by atoms with Crippen molar-refractivity contribution in [2.45, 2.75) is 37.5 Å². The Morgan fingerprint density at radius 3 is 2.79 bits per heavy atom. The van der Waals surface area contributed by atoms with Gasteiger partial charge in [0.05, 0.1) is 11.0 Å². The van der Waals surface area contributed by atoms with Crippen molar-refractivity contribution in [2.24, 2.45) is 0 Å². The molecule has 5 heteroatoms. The van der Waals surface area contributed by atoms with Crippen molar-refractivity contribution in [1.29, 1.82) is 0 Å². The Bertz CT molecular complexity index is 530. The van der Waals surface area contributed by atoms with Crippen LogP contribution in [0.15, 0.2) is 24.3 Å². The molecular weight excluding hydrogens is 265 g/mol. The van der Waals surface area contributed by atoms with E-state index in [0.717, 1.165) is 12.8 Å². The molecule has 0 saturated carbocycles. The summed E-state index contributed by atoms with van der Waals surface area (Å²) in [4.78, 5) is 0. The molecule has 0 radical (unpaired) electrons. The highest BCUT2D eigenvalue weighted by atomic mass is 32.2. The first-order chi connectivity index (χ1) is 8.99. The number of hydrogen-bond donors (Lipinski definition) is 1. The van der Waals surface area contributed by atoms with Crippen LogP contribution in [-0.4, -0.2) is 32.0 Å². The first-order valence-electron chi connectivity index (χ1n) is 6.67. The van der Waals surface area contributed by atoms with Crippen LogP contribution >= 0.6 is 0 Å². The molecule has 1 N–H and O–H groups in total. The van der Waals surface area contributed by atoms with Gasteiger partial charge in [-0.05, 0) is 37.8 Å². The van der Waals surface area contributed by atoms with Crippen LogP contribution in [0.5, 0.6) is 0 Å². The van der Waals surface area contributed by atoms with Crippen molar-refractivity contribution in [3.63, 3.8) is 0 Å². The fourth-order valence-corrected chi connectivity index (χ4v) is 4.26. The third-order valence-electron chi connectivity index (χ3n) is 3.64. The van der Waals surface area contributed by atoms with Gasteiger partial charge in [-0.1, -0.05) is 18.2 Å². The fraction of sp³-hybridized carbons (Fsp3) is 0.571. The van der Waals surface area contributed by atoms with Crippen molar-refractivity contribution < 1.29 is 12.8 Å². The van der Waals surface area contributed by atoms with Gasteiger partial charge in [-0.2, -0.15) is 0 Å². The third kappa shape index (κ3) is 3.76. The monoisotopic (exact) mass is 285 g/mol. The van der Waals surface area contributed by atoms with Crippen molar-refractivity contribution in [1.82, 2.24) is 5.32 Å². The predicted molar refractivity (Wildman–Crippen MR) is 74.4 cm³/mol. The molecule has 3 nitrogen and oxygen atoms in total. The first kappa shape index (κ1) is 14.5. The first-order valence-corrected chi connectivity index (χ1v) is 8.39. The van der Waals surface area contributed by atoms with Crippen LogP contribution in [0.1, 0.15) is 25.3 Å². The standard InChI is InChI=1S/C14H20FNO2S/c1-11(9-12-5-2-3-7-14(12)15)16-10-13-6-4-8-19(13,17)18/h2-3,5,7,11,13,16H,4,6,8-10H2,1H3/t11-,13+/m0/s1. The summed E-state index contributed by atoms with van der Waals surface area (Å²) in [6.07, 6.45) is 2.07. The highest BCUT2D eigenvalue weighted by Gasteiger charge is 2.30. The summed E-state index contributed by atoms with van der Waals surface area (Å²) in [5.74, 6) is 0.103. The van der Waals surface area contributed by atoms with Crippen molar-refractivity contribution in [2.75, 3.05) is 12.3 Å². The van der Waals surface area contributed by atoms with E-state index in [1.807, 2.05) is 13.0 Å². The molecule has 0 spiro atoms. The van der Waals surface area contributed by atoms with Crippen LogP contribution < -0.4 is 5.32 Å². The van der Waals surface area contributed by atoms with E-state index in [9.17, 15) is 12.8 Å². The molecule has 2 rings (SSSR count). The Morgan fingerprint density at radius 2 is 2.16 bits per heavy atom. The second kappa shape index (κ2) is 6.01. The van der Waals surface area contributed by atoms with Crippen LogP contribution in [0, 0.1) is 5.82 Å². The Balaban J connectivity index is 1.85. The number of rotatable bonds is 5. The molecule has 19 heavy (non-hydrogen) atoms. The Morgan fingerprint density at radius 1 is 1.42 bits per heavy atom. The molecule has 1 aliphatic rings. The van der Waals surface area contributed by atoms with Crippen LogP contribution in [0.25, 0.3) is 0 Å². The van der Waals surface area contributed by atoms with E-state index in [1.165, 1.54) is 6.07 Å². The lowest BCUT2D eigenvalue weighted by molar-refractivity contribution is 0.510. The third-order valence-corrected chi connectivity index (χ3v) is 5.92. The number of sulfone groups is 1. The number of benzene rings is 1. The lowest BCUT2D eigenvalue weighted by atomic mass is 10.1. The topological polar surface area (TPSA) is 46.2 Å². The van der Waals surface area contributed by atoms with Gasteiger partial charge in [0.25, 0.3) is 0 Å². The molecule has 0 amide bonds. The van der Waals surface area contributed by atoms with Crippen LogP contribution in [0.2, 0.25) is 0 Å². The quantitative estimate of drug-likeness (QED) is 0.899. The van der Waals surface area contributed by atoms with E-state index < -0.39 is 9.84 Å². The Kier molecular flexibility index (Phi) is 4.58. The average molecular weight is 285 g/mol. The van der Waals surface area contributed by atoms with E-state index in [4.69, 9.17) is 0 Å². The van der Waals surface area contributed by atoms with Gasteiger partial charge in [-0.15, -0.1) is 0 Å². The summed E-state index contributed by atoms with van der Waals surface area (Å²) in [5.41, 5.74) is 0.664. The van der Waals surface area contributed by atoms with Crippen LogP contribution in [-0.2, 0) is 16.3 Å². The molecule has 106 valence electrons. The maximum atomic E-state index is 13.5. The van der Waals surface area contributed by atoms with E-state index in [-0.39, 0.29) is 17.1 Å². The summed E-state index contributed by atoms with van der Waals surface area (Å²) >= 11 is 0. The lowest BCUT2D eigenvalue weighted by Gasteiger charge is -2.17. The maximum absolute atomic E-state index is 13.5. The van der Waals surface area contributed by atoms with Crippen LogP contribution in [0.4, 0.5) is 4.39 Å². The molecule has 0 aliphatic carbocycles. The zero-order valence-electron chi connectivity index (χ0n) is 11.1. The van der Waals surface area contributed by atoms with E-state index in [1.54, 1.807) is 12.1 Å². The lowest BCUT2D eigenvalue weighted by Crippen LogP contribution is -2.37. The molecule has 1 fully saturated rings. The van der Waals surface area contributed by atoms with Gasteiger partial charge in [0, 0.05) is 12.6 Å². The van der Waals surface area contributed by atoms with Crippen molar-refractivity contribution in [3.05, 3.63) is 35.6 Å².